The van der Waals surface area contributed by atoms with Crippen molar-refractivity contribution in [3.8, 4) is 5.69 Å². The molecule has 0 atom stereocenters. The molecule has 3 rings (SSSR count). The molecule has 0 aliphatic rings. The van der Waals surface area contributed by atoms with E-state index >= 15 is 0 Å². The number of anilines is 1. The van der Waals surface area contributed by atoms with E-state index < -0.39 is 15.9 Å². The lowest BCUT2D eigenvalue weighted by Crippen LogP contribution is -2.39. The van der Waals surface area contributed by atoms with Crippen LogP contribution in [-0.4, -0.2) is 37.9 Å². The smallest absolute Gasteiger partial charge is 0.260 e. The summed E-state index contributed by atoms with van der Waals surface area (Å²) in [6.07, 6.45) is 2.67. The van der Waals surface area contributed by atoms with Gasteiger partial charge in [-0.3, -0.25) is 9.10 Å². The Labute approximate surface area is 208 Å². The van der Waals surface area contributed by atoms with Crippen LogP contribution in [0.25, 0.3) is 5.69 Å². The molecule has 0 unspecified atom stereocenters. The molecule has 0 aliphatic heterocycles. The molecular formula is C27H34N4O3S. The van der Waals surface area contributed by atoms with Gasteiger partial charge in [0.1, 0.15) is 6.54 Å². The number of hydrogen-bond donors (Lipinski definition) is 1. The lowest BCUT2D eigenvalue weighted by molar-refractivity contribution is -0.119. The molecule has 8 heteroatoms. The number of hydrazone groups is 1. The fourth-order valence-electron chi connectivity index (χ4n) is 4.16. The van der Waals surface area contributed by atoms with Gasteiger partial charge < -0.3 is 4.57 Å². The van der Waals surface area contributed by atoms with Gasteiger partial charge in [0.2, 0.25) is 10.0 Å². The summed E-state index contributed by atoms with van der Waals surface area (Å²) >= 11 is 0. The summed E-state index contributed by atoms with van der Waals surface area (Å²) in [5.41, 5.74) is 10.3. The van der Waals surface area contributed by atoms with Gasteiger partial charge in [-0.2, -0.15) is 5.10 Å². The zero-order valence-electron chi connectivity index (χ0n) is 21.5. The van der Waals surface area contributed by atoms with Crippen LogP contribution in [0.1, 0.15) is 53.4 Å². The summed E-state index contributed by atoms with van der Waals surface area (Å²) in [6, 6.07) is 15.6. The summed E-state index contributed by atoms with van der Waals surface area (Å²) in [6.45, 7) is 11.9. The third-order valence-electron chi connectivity index (χ3n) is 5.86. The number of aryl methyl sites for hydroxylation is 3. The molecule has 0 saturated carbocycles. The van der Waals surface area contributed by atoms with Crippen LogP contribution in [0.3, 0.4) is 0 Å². The topological polar surface area (TPSA) is 83.8 Å². The van der Waals surface area contributed by atoms with Crippen LogP contribution >= 0.6 is 0 Å². The maximum Gasteiger partial charge on any atom is 0.260 e. The molecule has 35 heavy (non-hydrogen) atoms. The van der Waals surface area contributed by atoms with Crippen molar-refractivity contribution in [3.63, 3.8) is 0 Å². The summed E-state index contributed by atoms with van der Waals surface area (Å²) in [7, 11) is -3.65. The zero-order valence-corrected chi connectivity index (χ0v) is 22.3. The van der Waals surface area contributed by atoms with Gasteiger partial charge in [-0.05, 0) is 80.6 Å². The standard InChI is InChI=1S/C27H34N4O3S/c1-18(2)23-8-10-25(11-9-23)30(35(7,33)34)17-27(32)29-28-16-24-15-21(5)31(22(24)6)26-13-19(3)12-20(4)14-26/h8-16,18H,17H2,1-7H3,(H,29,32)/b28-16-. The van der Waals surface area contributed by atoms with Gasteiger partial charge in [0, 0.05) is 22.6 Å². The fraction of sp³-hybridized carbons (Fsp3) is 0.333. The maximum absolute atomic E-state index is 12.6. The first-order valence-electron chi connectivity index (χ1n) is 11.5. The highest BCUT2D eigenvalue weighted by atomic mass is 32.2. The van der Waals surface area contributed by atoms with Crippen molar-refractivity contribution in [2.24, 2.45) is 5.10 Å². The molecule has 0 fully saturated rings. The first kappa shape index (κ1) is 26.2. The van der Waals surface area contributed by atoms with Crippen LogP contribution in [0.5, 0.6) is 0 Å². The first-order valence-corrected chi connectivity index (χ1v) is 13.4. The number of aromatic nitrogens is 1. The van der Waals surface area contributed by atoms with Gasteiger partial charge in [0.15, 0.2) is 0 Å². The maximum atomic E-state index is 12.6. The van der Waals surface area contributed by atoms with Crippen molar-refractivity contribution in [2.75, 3.05) is 17.1 Å². The van der Waals surface area contributed by atoms with E-state index in [0.717, 1.165) is 38.8 Å². The van der Waals surface area contributed by atoms with E-state index in [4.69, 9.17) is 0 Å². The average Bonchev–Trinajstić information content (AvgIpc) is 3.03. The quantitative estimate of drug-likeness (QED) is 0.362. The van der Waals surface area contributed by atoms with E-state index in [9.17, 15) is 13.2 Å². The second kappa shape index (κ2) is 10.5. The molecule has 0 radical (unpaired) electrons. The van der Waals surface area contributed by atoms with Gasteiger partial charge in [-0.15, -0.1) is 0 Å². The predicted molar refractivity (Wildman–Crippen MR) is 143 cm³/mol. The molecule has 7 nitrogen and oxygen atoms in total. The lowest BCUT2D eigenvalue weighted by atomic mass is 10.0. The Bertz CT molecular complexity index is 1330. The summed E-state index contributed by atoms with van der Waals surface area (Å²) in [5.74, 6) is -0.201. The fourth-order valence-corrected chi connectivity index (χ4v) is 5.02. The molecule has 186 valence electrons. The van der Waals surface area contributed by atoms with E-state index in [1.54, 1.807) is 18.3 Å². The number of rotatable bonds is 8. The Balaban J connectivity index is 1.75. The molecule has 0 saturated heterocycles. The zero-order chi connectivity index (χ0) is 25.9. The second-order valence-electron chi connectivity index (χ2n) is 9.32. The minimum Gasteiger partial charge on any atom is -0.318 e. The highest BCUT2D eigenvalue weighted by Crippen LogP contribution is 2.23. The van der Waals surface area contributed by atoms with E-state index in [1.807, 2.05) is 32.0 Å². The van der Waals surface area contributed by atoms with Crippen LogP contribution in [0.4, 0.5) is 5.69 Å². The molecule has 1 amide bonds. The molecule has 1 heterocycles. The second-order valence-corrected chi connectivity index (χ2v) is 11.2. The number of benzene rings is 2. The van der Waals surface area contributed by atoms with E-state index in [1.165, 1.54) is 11.1 Å². The van der Waals surface area contributed by atoms with Crippen molar-refractivity contribution >= 4 is 27.8 Å². The van der Waals surface area contributed by atoms with Crippen molar-refractivity contribution in [1.82, 2.24) is 9.99 Å². The molecule has 0 bridgehead atoms. The molecular weight excluding hydrogens is 460 g/mol. The highest BCUT2D eigenvalue weighted by Gasteiger charge is 2.21. The van der Waals surface area contributed by atoms with Gasteiger partial charge in [-0.25, -0.2) is 13.8 Å². The van der Waals surface area contributed by atoms with E-state index in [2.05, 4.69) is 61.0 Å². The minimum atomic E-state index is -3.65. The number of carbonyl (C=O) groups excluding carboxylic acids is 1. The largest absolute Gasteiger partial charge is 0.318 e. The monoisotopic (exact) mass is 494 g/mol. The van der Waals surface area contributed by atoms with Crippen molar-refractivity contribution < 1.29 is 13.2 Å². The molecule has 3 aromatic rings. The Morgan fingerprint density at radius 1 is 1.03 bits per heavy atom. The third kappa shape index (κ3) is 6.39. The van der Waals surface area contributed by atoms with Gasteiger partial charge in [-0.1, -0.05) is 32.0 Å². The van der Waals surface area contributed by atoms with Gasteiger partial charge >= 0.3 is 0 Å². The first-order chi connectivity index (χ1) is 16.4. The Morgan fingerprint density at radius 2 is 1.63 bits per heavy atom. The lowest BCUT2D eigenvalue weighted by Gasteiger charge is -2.21. The number of carbonyl (C=O) groups is 1. The molecule has 2 aromatic carbocycles. The van der Waals surface area contributed by atoms with E-state index in [0.29, 0.717) is 11.6 Å². The summed E-state index contributed by atoms with van der Waals surface area (Å²) < 4.78 is 27.9. The highest BCUT2D eigenvalue weighted by molar-refractivity contribution is 7.92. The summed E-state index contributed by atoms with van der Waals surface area (Å²) in [5, 5.41) is 4.09. The average molecular weight is 495 g/mol. The molecule has 0 spiro atoms. The van der Waals surface area contributed by atoms with Crippen LogP contribution in [0.2, 0.25) is 0 Å². The van der Waals surface area contributed by atoms with E-state index in [-0.39, 0.29) is 6.54 Å². The number of nitrogens with zero attached hydrogens (tertiary/aromatic N) is 3. The predicted octanol–water partition coefficient (Wildman–Crippen LogP) is 4.75. The number of nitrogens with one attached hydrogen (secondary N) is 1. The normalized spacial score (nSPS) is 11.9. The minimum absolute atomic E-state index is 0.324. The van der Waals surface area contributed by atoms with Crippen LogP contribution < -0.4 is 9.73 Å². The van der Waals surface area contributed by atoms with Crippen LogP contribution in [-0.2, 0) is 14.8 Å². The molecule has 1 aromatic heterocycles. The third-order valence-corrected chi connectivity index (χ3v) is 7.00. The molecule has 0 aliphatic carbocycles. The van der Waals surface area contributed by atoms with Crippen molar-refractivity contribution in [1.29, 1.82) is 0 Å². The van der Waals surface area contributed by atoms with Gasteiger partial charge in [0.05, 0.1) is 18.2 Å². The number of sulfonamides is 1. The Morgan fingerprint density at radius 3 is 2.17 bits per heavy atom. The molecule has 1 N–H and O–H groups in total. The Hall–Kier alpha value is -3.39. The number of hydrogen-bond acceptors (Lipinski definition) is 4. The van der Waals surface area contributed by atoms with Crippen LogP contribution in [0, 0.1) is 27.7 Å². The van der Waals surface area contributed by atoms with Crippen molar-refractivity contribution in [3.05, 3.63) is 82.2 Å². The summed E-state index contributed by atoms with van der Waals surface area (Å²) in [4.78, 5) is 12.6. The number of amides is 1. The Kier molecular flexibility index (Phi) is 7.85. The van der Waals surface area contributed by atoms with Gasteiger partial charge in [0.25, 0.3) is 5.91 Å². The van der Waals surface area contributed by atoms with Crippen LogP contribution in [0.15, 0.2) is 53.6 Å². The SMILES string of the molecule is Cc1cc(C)cc(-n2c(C)cc(/C=N\NC(=O)CN(c3ccc(C(C)C)cc3)S(C)(=O)=O)c2C)c1. The van der Waals surface area contributed by atoms with Crippen molar-refractivity contribution in [2.45, 2.75) is 47.5 Å².